The van der Waals surface area contributed by atoms with Crippen molar-refractivity contribution in [1.82, 2.24) is 4.72 Å². The smallest absolute Gasteiger partial charge is 0.255 e. The SMILES string of the molecule is Cc1c(S(=O)(=O)NC2c3cc(C(=O)Nc4ccc(Br)cc4)ccc3OC(C)(C)C2O)sc2ccc(Cl)cc12. The van der Waals surface area contributed by atoms with Crippen molar-refractivity contribution in [2.75, 3.05) is 5.32 Å². The summed E-state index contributed by atoms with van der Waals surface area (Å²) in [6, 6.07) is 16.1. The fourth-order valence-corrected chi connectivity index (χ4v) is 7.87. The van der Waals surface area contributed by atoms with Gasteiger partial charge < -0.3 is 15.2 Å². The summed E-state index contributed by atoms with van der Waals surface area (Å²) in [6.45, 7) is 5.10. The molecule has 0 fully saturated rings. The van der Waals surface area contributed by atoms with Crippen molar-refractivity contribution in [1.29, 1.82) is 0 Å². The minimum atomic E-state index is -4.07. The summed E-state index contributed by atoms with van der Waals surface area (Å²) in [6.07, 6.45) is -1.24. The molecule has 3 N–H and O–H groups in total. The third-order valence-electron chi connectivity index (χ3n) is 6.49. The maximum absolute atomic E-state index is 13.7. The molecule has 2 atom stereocenters. The monoisotopic (exact) mass is 634 g/mol. The number of amides is 1. The summed E-state index contributed by atoms with van der Waals surface area (Å²) < 4.78 is 37.8. The number of hydrogen-bond donors (Lipinski definition) is 3. The first kappa shape index (κ1) is 27.1. The number of aliphatic hydroxyl groups is 1. The van der Waals surface area contributed by atoms with Crippen molar-refractivity contribution in [2.24, 2.45) is 0 Å². The number of sulfonamides is 1. The Morgan fingerprint density at radius 1 is 1.11 bits per heavy atom. The molecule has 11 heteroatoms. The Hall–Kier alpha value is -2.47. The maximum Gasteiger partial charge on any atom is 0.255 e. The Bertz CT molecular complexity index is 1670. The highest BCUT2D eigenvalue weighted by Gasteiger charge is 2.45. The van der Waals surface area contributed by atoms with Gasteiger partial charge in [-0.2, -0.15) is 0 Å². The second kappa shape index (κ2) is 9.93. The van der Waals surface area contributed by atoms with Crippen molar-refractivity contribution < 1.29 is 23.1 Å². The lowest BCUT2D eigenvalue weighted by Crippen LogP contribution is -2.53. The number of hydrogen-bond acceptors (Lipinski definition) is 6. The molecule has 1 amide bonds. The van der Waals surface area contributed by atoms with Gasteiger partial charge in [-0.3, -0.25) is 4.79 Å². The fourth-order valence-electron chi connectivity index (χ4n) is 4.45. The lowest BCUT2D eigenvalue weighted by molar-refractivity contribution is -0.0603. The number of aryl methyl sites for hydroxylation is 1. The van der Waals surface area contributed by atoms with E-state index in [4.69, 9.17) is 16.3 Å². The summed E-state index contributed by atoms with van der Waals surface area (Å²) in [7, 11) is -4.07. The Kier molecular flexibility index (Phi) is 7.08. The van der Waals surface area contributed by atoms with Gasteiger partial charge in [0.2, 0.25) is 0 Å². The van der Waals surface area contributed by atoms with E-state index in [1.807, 2.05) is 12.1 Å². The minimum absolute atomic E-state index is 0.136. The van der Waals surface area contributed by atoms with Crippen molar-refractivity contribution in [2.45, 2.75) is 42.7 Å². The average Bonchev–Trinajstić information content (AvgIpc) is 3.19. The van der Waals surface area contributed by atoms with Crippen molar-refractivity contribution in [3.05, 3.63) is 86.8 Å². The van der Waals surface area contributed by atoms with E-state index < -0.39 is 27.8 Å². The van der Waals surface area contributed by atoms with Crippen LogP contribution in [0.3, 0.4) is 0 Å². The molecular formula is C27H24BrClN2O5S2. The molecule has 0 spiro atoms. The Morgan fingerprint density at radius 2 is 1.82 bits per heavy atom. The van der Waals surface area contributed by atoms with Crippen LogP contribution < -0.4 is 14.8 Å². The van der Waals surface area contributed by atoms with E-state index in [-0.39, 0.29) is 10.1 Å². The average molecular weight is 636 g/mol. The van der Waals surface area contributed by atoms with Crippen LogP contribution in [-0.4, -0.2) is 31.1 Å². The number of ether oxygens (including phenoxy) is 1. The van der Waals surface area contributed by atoms with E-state index in [1.165, 1.54) is 0 Å². The third-order valence-corrected chi connectivity index (χ3v) is 10.6. The van der Waals surface area contributed by atoms with Gasteiger partial charge in [0.05, 0.1) is 6.04 Å². The standard InChI is InChI=1S/C27H24BrClN2O5S2/c1-14-19-13-17(29)7-11-22(19)37-26(14)38(34,35)31-23-20-12-15(4-10-21(20)36-27(2,3)24(23)32)25(33)30-18-8-5-16(28)6-9-18/h4-13,23-24,31-32H,1-3H3,(H,30,33). The molecule has 0 saturated heterocycles. The number of thiophene rings is 1. The third kappa shape index (κ3) is 5.09. The molecule has 5 rings (SSSR count). The van der Waals surface area contributed by atoms with Gasteiger partial charge in [0.25, 0.3) is 15.9 Å². The van der Waals surface area contributed by atoms with Crippen molar-refractivity contribution in [3.8, 4) is 5.75 Å². The number of carbonyl (C=O) groups is 1. The van der Waals surface area contributed by atoms with Crippen LogP contribution in [0.5, 0.6) is 5.75 Å². The molecule has 0 aliphatic carbocycles. The summed E-state index contributed by atoms with van der Waals surface area (Å²) in [5, 5.41) is 15.3. The summed E-state index contributed by atoms with van der Waals surface area (Å²) in [4.78, 5) is 13.0. The molecule has 3 aromatic carbocycles. The Labute approximate surface area is 238 Å². The Morgan fingerprint density at radius 3 is 2.53 bits per heavy atom. The number of anilines is 1. The van der Waals surface area contributed by atoms with Crippen molar-refractivity contribution in [3.63, 3.8) is 0 Å². The molecule has 198 valence electrons. The van der Waals surface area contributed by atoms with Crippen LogP contribution in [-0.2, 0) is 10.0 Å². The first-order valence-electron chi connectivity index (χ1n) is 11.6. The van der Waals surface area contributed by atoms with Gasteiger partial charge in [-0.1, -0.05) is 27.5 Å². The van der Waals surface area contributed by atoms with E-state index in [0.717, 1.165) is 25.9 Å². The van der Waals surface area contributed by atoms with Crippen LogP contribution in [0.2, 0.25) is 5.02 Å². The summed E-state index contributed by atoms with van der Waals surface area (Å²) in [5.74, 6) is 0.00122. The number of nitrogens with one attached hydrogen (secondary N) is 2. The molecule has 0 bridgehead atoms. The first-order valence-corrected chi connectivity index (χ1v) is 15.1. The molecule has 1 aliphatic heterocycles. The molecule has 0 radical (unpaired) electrons. The molecule has 1 aromatic heterocycles. The van der Waals surface area contributed by atoms with Gasteiger partial charge in [-0.25, -0.2) is 13.1 Å². The zero-order valence-electron chi connectivity index (χ0n) is 20.6. The van der Waals surface area contributed by atoms with Crippen LogP contribution in [0.1, 0.15) is 41.4 Å². The van der Waals surface area contributed by atoms with Gasteiger partial charge in [0.15, 0.2) is 0 Å². The second-order valence-electron chi connectivity index (χ2n) is 9.62. The second-order valence-corrected chi connectivity index (χ2v) is 13.9. The predicted octanol–water partition coefficient (Wildman–Crippen LogP) is 6.43. The molecule has 2 unspecified atom stereocenters. The van der Waals surface area contributed by atoms with E-state index in [1.54, 1.807) is 69.3 Å². The summed E-state index contributed by atoms with van der Waals surface area (Å²) in [5.41, 5.74) is 0.740. The number of carbonyl (C=O) groups excluding carboxylic acids is 1. The van der Waals surface area contributed by atoms with Crippen LogP contribution in [0.25, 0.3) is 10.1 Å². The van der Waals surface area contributed by atoms with E-state index in [2.05, 4.69) is 26.0 Å². The quantitative estimate of drug-likeness (QED) is 0.235. The zero-order valence-corrected chi connectivity index (χ0v) is 24.6. The molecule has 4 aromatic rings. The summed E-state index contributed by atoms with van der Waals surface area (Å²) >= 11 is 10.6. The van der Waals surface area contributed by atoms with Crippen LogP contribution in [0.4, 0.5) is 5.69 Å². The normalized spacial score (nSPS) is 18.6. The highest BCUT2D eigenvalue weighted by atomic mass is 79.9. The molecular weight excluding hydrogens is 612 g/mol. The number of fused-ring (bicyclic) bond motifs is 2. The van der Waals surface area contributed by atoms with Gasteiger partial charge in [-0.15, -0.1) is 11.3 Å². The number of rotatable bonds is 5. The highest BCUT2D eigenvalue weighted by molar-refractivity contribution is 9.10. The first-order chi connectivity index (χ1) is 17.9. The topological polar surface area (TPSA) is 105 Å². The van der Waals surface area contributed by atoms with Crippen LogP contribution >= 0.6 is 38.9 Å². The molecule has 1 aliphatic rings. The van der Waals surface area contributed by atoms with Gasteiger partial charge in [-0.05, 0) is 92.4 Å². The van der Waals surface area contributed by atoms with Crippen LogP contribution in [0, 0.1) is 6.92 Å². The molecule has 7 nitrogen and oxygen atoms in total. The maximum atomic E-state index is 13.7. The van der Waals surface area contributed by atoms with Gasteiger partial charge in [0.1, 0.15) is 21.7 Å². The minimum Gasteiger partial charge on any atom is -0.485 e. The van der Waals surface area contributed by atoms with E-state index in [0.29, 0.717) is 33.1 Å². The molecule has 38 heavy (non-hydrogen) atoms. The number of benzene rings is 3. The molecule has 0 saturated carbocycles. The van der Waals surface area contributed by atoms with Gasteiger partial charge >= 0.3 is 0 Å². The number of halogens is 2. The largest absolute Gasteiger partial charge is 0.485 e. The Balaban J connectivity index is 1.52. The van der Waals surface area contributed by atoms with E-state index >= 15 is 0 Å². The predicted molar refractivity (Wildman–Crippen MR) is 154 cm³/mol. The highest BCUT2D eigenvalue weighted by Crippen LogP contribution is 2.42. The lowest BCUT2D eigenvalue weighted by atomic mass is 9.86. The fraction of sp³-hybridized carbons (Fsp3) is 0.222. The van der Waals surface area contributed by atoms with E-state index in [9.17, 15) is 18.3 Å². The van der Waals surface area contributed by atoms with Crippen LogP contribution in [0.15, 0.2) is 69.3 Å². The molecule has 2 heterocycles. The van der Waals surface area contributed by atoms with Crippen molar-refractivity contribution >= 4 is 70.6 Å². The zero-order chi connectivity index (χ0) is 27.4. The van der Waals surface area contributed by atoms with Gasteiger partial charge in [0, 0.05) is 31.0 Å². The number of aliphatic hydroxyl groups excluding tert-OH is 1. The lowest BCUT2D eigenvalue weighted by Gasteiger charge is -2.42.